The summed E-state index contributed by atoms with van der Waals surface area (Å²) in [7, 11) is 0. The second kappa shape index (κ2) is 7.00. The summed E-state index contributed by atoms with van der Waals surface area (Å²) >= 11 is 3.10. The summed E-state index contributed by atoms with van der Waals surface area (Å²) in [6.45, 7) is 2.44. The molecule has 134 valence electrons. The van der Waals surface area contributed by atoms with Gasteiger partial charge in [-0.25, -0.2) is 13.2 Å². The Morgan fingerprint density at radius 1 is 1.12 bits per heavy atom. The van der Waals surface area contributed by atoms with Crippen LogP contribution in [0.4, 0.5) is 13.2 Å². The van der Waals surface area contributed by atoms with E-state index in [1.807, 2.05) is 6.92 Å². The van der Waals surface area contributed by atoms with Crippen molar-refractivity contribution in [3.8, 4) is 5.75 Å². The zero-order valence-electron chi connectivity index (χ0n) is 13.7. The number of hydrogen-bond acceptors (Lipinski definition) is 2. The van der Waals surface area contributed by atoms with Gasteiger partial charge in [-0.05, 0) is 58.2 Å². The lowest BCUT2D eigenvalue weighted by Gasteiger charge is -2.18. The third-order valence-corrected chi connectivity index (χ3v) is 5.03. The van der Waals surface area contributed by atoms with E-state index in [1.165, 1.54) is 6.07 Å². The molecule has 0 N–H and O–H groups in total. The molecule has 2 aromatic carbocycles. The second-order valence-corrected chi connectivity index (χ2v) is 7.02. The third kappa shape index (κ3) is 3.70. The van der Waals surface area contributed by atoms with Crippen LogP contribution in [0.1, 0.15) is 24.5 Å². The van der Waals surface area contributed by atoms with Crippen LogP contribution in [-0.4, -0.2) is 19.1 Å². The van der Waals surface area contributed by atoms with Crippen LogP contribution in [-0.2, 0) is 16.8 Å². The average molecular weight is 415 g/mol. The van der Waals surface area contributed by atoms with Crippen molar-refractivity contribution in [3.05, 3.63) is 63.9 Å². The molecule has 2 nitrogen and oxygen atoms in total. The number of rotatable bonds is 7. The van der Waals surface area contributed by atoms with Gasteiger partial charge in [-0.2, -0.15) is 0 Å². The predicted molar refractivity (Wildman–Crippen MR) is 92.6 cm³/mol. The van der Waals surface area contributed by atoms with Crippen molar-refractivity contribution in [1.82, 2.24) is 0 Å². The zero-order valence-corrected chi connectivity index (χ0v) is 15.3. The molecular formula is C19H18BrF3O2. The minimum Gasteiger partial charge on any atom is -0.494 e. The molecular weight excluding hydrogens is 397 g/mol. The first kappa shape index (κ1) is 18.3. The lowest BCUT2D eigenvalue weighted by atomic mass is 9.96. The van der Waals surface area contributed by atoms with Gasteiger partial charge in [-0.3, -0.25) is 0 Å². The Morgan fingerprint density at radius 2 is 1.80 bits per heavy atom. The highest BCUT2D eigenvalue weighted by atomic mass is 79.9. The summed E-state index contributed by atoms with van der Waals surface area (Å²) in [5, 5.41) is 0. The number of alkyl halides is 2. The first-order valence-electron chi connectivity index (χ1n) is 8.01. The lowest BCUT2D eigenvalue weighted by Crippen LogP contribution is -2.23. The van der Waals surface area contributed by atoms with Crippen molar-refractivity contribution in [2.45, 2.75) is 31.3 Å². The van der Waals surface area contributed by atoms with E-state index in [9.17, 15) is 13.2 Å². The maximum absolute atomic E-state index is 14.1. The molecule has 0 spiro atoms. The average Bonchev–Trinajstić information content (AvgIpc) is 3.14. The molecule has 0 amide bonds. The highest BCUT2D eigenvalue weighted by molar-refractivity contribution is 9.10. The van der Waals surface area contributed by atoms with Gasteiger partial charge in [0.25, 0.3) is 5.92 Å². The molecule has 1 unspecified atom stereocenters. The van der Waals surface area contributed by atoms with Gasteiger partial charge >= 0.3 is 0 Å². The van der Waals surface area contributed by atoms with E-state index >= 15 is 0 Å². The number of ether oxygens (including phenoxy) is 2. The molecule has 1 saturated carbocycles. The smallest absolute Gasteiger partial charge is 0.261 e. The van der Waals surface area contributed by atoms with Crippen molar-refractivity contribution in [3.63, 3.8) is 0 Å². The van der Waals surface area contributed by atoms with Gasteiger partial charge in [0.05, 0.1) is 29.7 Å². The van der Waals surface area contributed by atoms with Crippen LogP contribution in [0.2, 0.25) is 0 Å². The molecule has 0 aliphatic heterocycles. The third-order valence-electron chi connectivity index (χ3n) is 4.42. The van der Waals surface area contributed by atoms with E-state index in [1.54, 1.807) is 36.4 Å². The predicted octanol–water partition coefficient (Wildman–Crippen LogP) is 5.48. The molecule has 0 radical (unpaired) electrons. The maximum atomic E-state index is 14.1. The molecule has 0 bridgehead atoms. The van der Waals surface area contributed by atoms with Crippen LogP contribution >= 0.6 is 15.9 Å². The number of hydrogen-bond donors (Lipinski definition) is 0. The van der Waals surface area contributed by atoms with Crippen LogP contribution in [0.3, 0.4) is 0 Å². The van der Waals surface area contributed by atoms with Crippen molar-refractivity contribution in [2.75, 3.05) is 13.2 Å². The number of benzene rings is 2. The quantitative estimate of drug-likeness (QED) is 0.596. The van der Waals surface area contributed by atoms with Crippen LogP contribution in [0, 0.1) is 5.82 Å². The minimum atomic E-state index is -2.79. The van der Waals surface area contributed by atoms with Gasteiger partial charge < -0.3 is 9.47 Å². The molecule has 1 fully saturated rings. The molecule has 3 rings (SSSR count). The van der Waals surface area contributed by atoms with Gasteiger partial charge in [-0.1, -0.05) is 18.2 Å². The Hall–Kier alpha value is -1.53. The summed E-state index contributed by atoms with van der Waals surface area (Å²) in [6.07, 6.45) is -0.235. The van der Waals surface area contributed by atoms with Crippen molar-refractivity contribution < 1.29 is 22.6 Å². The van der Waals surface area contributed by atoms with Crippen LogP contribution in [0.5, 0.6) is 5.75 Å². The first-order valence-corrected chi connectivity index (χ1v) is 8.80. The van der Waals surface area contributed by atoms with Gasteiger partial charge in [0.15, 0.2) is 0 Å². The normalized spacial score (nSPS) is 21.2. The highest BCUT2D eigenvalue weighted by Crippen LogP contribution is 2.61. The molecule has 1 atom stereocenters. The fourth-order valence-corrected chi connectivity index (χ4v) is 3.32. The Balaban J connectivity index is 1.68. The summed E-state index contributed by atoms with van der Waals surface area (Å²) in [5.74, 6) is -2.51. The minimum absolute atomic E-state index is 0.0943. The Kier molecular flexibility index (Phi) is 5.11. The largest absolute Gasteiger partial charge is 0.494 e. The molecule has 6 heteroatoms. The van der Waals surface area contributed by atoms with Gasteiger partial charge in [-0.15, -0.1) is 0 Å². The monoisotopic (exact) mass is 414 g/mol. The summed E-state index contributed by atoms with van der Waals surface area (Å²) in [6, 6.07) is 11.2. The molecule has 0 aromatic heterocycles. The fraction of sp³-hybridized carbons (Fsp3) is 0.368. The molecule has 1 aliphatic carbocycles. The summed E-state index contributed by atoms with van der Waals surface area (Å²) in [5.41, 5.74) is -0.0324. The van der Waals surface area contributed by atoms with Crippen molar-refractivity contribution >= 4 is 15.9 Å². The highest BCUT2D eigenvalue weighted by Gasteiger charge is 2.72. The summed E-state index contributed by atoms with van der Waals surface area (Å²) < 4.78 is 52.6. The Labute approximate surface area is 153 Å². The fourth-order valence-electron chi connectivity index (χ4n) is 2.90. The molecule has 0 saturated heterocycles. The molecule has 25 heavy (non-hydrogen) atoms. The topological polar surface area (TPSA) is 18.5 Å². The zero-order chi connectivity index (χ0) is 18.1. The first-order chi connectivity index (χ1) is 11.9. The lowest BCUT2D eigenvalue weighted by molar-refractivity contribution is 0.0334. The van der Waals surface area contributed by atoms with Crippen LogP contribution < -0.4 is 4.74 Å². The van der Waals surface area contributed by atoms with E-state index in [0.717, 1.165) is 5.56 Å². The van der Waals surface area contributed by atoms with E-state index in [-0.39, 0.29) is 25.5 Å². The Bertz CT molecular complexity index is 749. The second-order valence-electron chi connectivity index (χ2n) is 6.16. The van der Waals surface area contributed by atoms with Crippen LogP contribution in [0.25, 0.3) is 0 Å². The van der Waals surface area contributed by atoms with E-state index in [0.29, 0.717) is 22.4 Å². The van der Waals surface area contributed by atoms with E-state index in [2.05, 4.69) is 15.9 Å². The van der Waals surface area contributed by atoms with Crippen molar-refractivity contribution in [2.24, 2.45) is 0 Å². The molecule has 0 heterocycles. The molecule has 1 aliphatic rings. The van der Waals surface area contributed by atoms with Gasteiger partial charge in [0, 0.05) is 6.42 Å². The van der Waals surface area contributed by atoms with Gasteiger partial charge in [0.2, 0.25) is 0 Å². The van der Waals surface area contributed by atoms with E-state index < -0.39 is 11.3 Å². The molecule has 2 aromatic rings. The van der Waals surface area contributed by atoms with Gasteiger partial charge in [0.1, 0.15) is 11.6 Å². The van der Waals surface area contributed by atoms with Crippen molar-refractivity contribution in [1.29, 1.82) is 0 Å². The SMILES string of the molecule is CCOc1ccc(C2(COCc3ccc(F)c(Br)c3)CC2(F)F)cc1. The maximum Gasteiger partial charge on any atom is 0.261 e. The number of halogens is 4. The Morgan fingerprint density at radius 3 is 2.36 bits per heavy atom. The van der Waals surface area contributed by atoms with E-state index in [4.69, 9.17) is 9.47 Å². The van der Waals surface area contributed by atoms with Crippen LogP contribution in [0.15, 0.2) is 46.9 Å². The standard InChI is InChI=1S/C19H18BrF3O2/c1-2-25-15-6-4-14(5-7-15)18(11-19(18,22)23)12-24-10-13-3-8-17(21)16(20)9-13/h3-9H,2,10-12H2,1H3. The summed E-state index contributed by atoms with van der Waals surface area (Å²) in [4.78, 5) is 0.